The molecular formula is C15H28O3. The van der Waals surface area contributed by atoms with E-state index in [-0.39, 0.29) is 17.2 Å². The van der Waals surface area contributed by atoms with Crippen LogP contribution in [0.25, 0.3) is 0 Å². The molecular weight excluding hydrogens is 228 g/mol. The number of carbonyl (C=O) groups excluding carboxylic acids is 2. The molecule has 0 fully saturated rings. The van der Waals surface area contributed by atoms with Gasteiger partial charge < -0.3 is 4.74 Å². The standard InChI is InChI=1S/C15H28O3/c1-9-18-12(17)15(7,8)14(5,6)10-11(16)13(2,3)4/h9-10H2,1-8H3. The van der Waals surface area contributed by atoms with Crippen molar-refractivity contribution < 1.29 is 14.3 Å². The minimum absolute atomic E-state index is 0.171. The summed E-state index contributed by atoms with van der Waals surface area (Å²) in [5, 5.41) is 0. The van der Waals surface area contributed by atoms with E-state index < -0.39 is 10.8 Å². The van der Waals surface area contributed by atoms with Crippen LogP contribution in [0.4, 0.5) is 0 Å². The van der Waals surface area contributed by atoms with Crippen molar-refractivity contribution in [3.05, 3.63) is 0 Å². The minimum Gasteiger partial charge on any atom is -0.466 e. The number of rotatable bonds is 5. The van der Waals surface area contributed by atoms with Crippen LogP contribution in [0.2, 0.25) is 0 Å². The summed E-state index contributed by atoms with van der Waals surface area (Å²) in [5.74, 6) is -0.0680. The topological polar surface area (TPSA) is 43.4 Å². The van der Waals surface area contributed by atoms with E-state index in [2.05, 4.69) is 0 Å². The smallest absolute Gasteiger partial charge is 0.312 e. The van der Waals surface area contributed by atoms with Gasteiger partial charge >= 0.3 is 5.97 Å². The molecule has 0 aliphatic carbocycles. The first-order valence-electron chi connectivity index (χ1n) is 6.57. The molecule has 0 saturated heterocycles. The van der Waals surface area contributed by atoms with E-state index >= 15 is 0 Å². The summed E-state index contributed by atoms with van der Waals surface area (Å²) in [7, 11) is 0. The Kier molecular flexibility index (Phi) is 5.16. The Balaban J connectivity index is 5.02. The van der Waals surface area contributed by atoms with Crippen molar-refractivity contribution in [2.75, 3.05) is 6.61 Å². The van der Waals surface area contributed by atoms with Crippen LogP contribution in [0.5, 0.6) is 0 Å². The fourth-order valence-electron chi connectivity index (χ4n) is 1.48. The third-order valence-electron chi connectivity index (χ3n) is 3.92. The first-order valence-corrected chi connectivity index (χ1v) is 6.57. The molecule has 0 saturated carbocycles. The first-order chi connectivity index (χ1) is 7.86. The highest BCUT2D eigenvalue weighted by atomic mass is 16.5. The van der Waals surface area contributed by atoms with Crippen LogP contribution in [0.15, 0.2) is 0 Å². The van der Waals surface area contributed by atoms with Gasteiger partial charge in [0.25, 0.3) is 0 Å². The van der Waals surface area contributed by atoms with E-state index in [0.29, 0.717) is 13.0 Å². The number of esters is 1. The fourth-order valence-corrected chi connectivity index (χ4v) is 1.48. The van der Waals surface area contributed by atoms with Crippen LogP contribution >= 0.6 is 0 Å². The maximum Gasteiger partial charge on any atom is 0.312 e. The van der Waals surface area contributed by atoms with Gasteiger partial charge in [-0.3, -0.25) is 9.59 Å². The van der Waals surface area contributed by atoms with Gasteiger partial charge in [-0.1, -0.05) is 34.6 Å². The fraction of sp³-hybridized carbons (Fsp3) is 0.867. The van der Waals surface area contributed by atoms with Gasteiger partial charge in [-0.05, 0) is 26.2 Å². The number of hydrogen-bond acceptors (Lipinski definition) is 3. The van der Waals surface area contributed by atoms with Gasteiger partial charge in [-0.25, -0.2) is 0 Å². The maximum atomic E-state index is 12.2. The summed E-state index contributed by atoms with van der Waals surface area (Å²) in [6, 6.07) is 0. The predicted molar refractivity (Wildman–Crippen MR) is 73.3 cm³/mol. The van der Waals surface area contributed by atoms with Crippen LogP contribution in [-0.2, 0) is 14.3 Å². The van der Waals surface area contributed by atoms with E-state index in [1.54, 1.807) is 6.92 Å². The average molecular weight is 256 g/mol. The largest absolute Gasteiger partial charge is 0.466 e. The first kappa shape index (κ1) is 17.1. The Morgan fingerprint density at radius 1 is 0.944 bits per heavy atom. The average Bonchev–Trinajstić information content (AvgIpc) is 2.15. The Labute approximate surface area is 111 Å². The van der Waals surface area contributed by atoms with Crippen molar-refractivity contribution in [3.8, 4) is 0 Å². The third kappa shape index (κ3) is 3.82. The molecule has 3 nitrogen and oxygen atoms in total. The number of carbonyl (C=O) groups is 2. The molecule has 0 atom stereocenters. The van der Waals surface area contributed by atoms with Crippen molar-refractivity contribution in [1.29, 1.82) is 0 Å². The molecule has 0 amide bonds. The van der Waals surface area contributed by atoms with E-state index in [1.807, 2.05) is 48.5 Å². The Hall–Kier alpha value is -0.860. The molecule has 0 aliphatic rings. The molecule has 18 heavy (non-hydrogen) atoms. The number of ether oxygens (including phenoxy) is 1. The normalized spacial score (nSPS) is 13.3. The summed E-state index contributed by atoms with van der Waals surface area (Å²) < 4.78 is 5.11. The molecule has 0 rings (SSSR count). The zero-order valence-corrected chi connectivity index (χ0v) is 13.1. The SMILES string of the molecule is CCOC(=O)C(C)(C)C(C)(C)CC(=O)C(C)(C)C. The van der Waals surface area contributed by atoms with Crippen LogP contribution in [0.3, 0.4) is 0 Å². The zero-order valence-electron chi connectivity index (χ0n) is 13.1. The van der Waals surface area contributed by atoms with Gasteiger partial charge in [-0.15, -0.1) is 0 Å². The van der Waals surface area contributed by atoms with Crippen LogP contribution in [-0.4, -0.2) is 18.4 Å². The molecule has 0 heterocycles. The molecule has 0 aromatic carbocycles. The maximum absolute atomic E-state index is 12.2. The highest BCUT2D eigenvalue weighted by molar-refractivity contribution is 5.85. The summed E-state index contributed by atoms with van der Waals surface area (Å²) in [6.45, 7) is 15.5. The summed E-state index contributed by atoms with van der Waals surface area (Å²) >= 11 is 0. The molecule has 0 bridgehead atoms. The van der Waals surface area contributed by atoms with Gasteiger partial charge in [0, 0.05) is 11.8 Å². The van der Waals surface area contributed by atoms with Crippen LogP contribution < -0.4 is 0 Å². The molecule has 0 aliphatic heterocycles. The van der Waals surface area contributed by atoms with E-state index in [0.717, 1.165) is 0 Å². The molecule has 0 N–H and O–H groups in total. The summed E-state index contributed by atoms with van der Waals surface area (Å²) in [4.78, 5) is 24.2. The Morgan fingerprint density at radius 3 is 1.72 bits per heavy atom. The van der Waals surface area contributed by atoms with Crippen LogP contribution in [0.1, 0.15) is 61.8 Å². The molecule has 106 valence electrons. The molecule has 0 aromatic heterocycles. The lowest BCUT2D eigenvalue weighted by Gasteiger charge is -2.40. The lowest BCUT2D eigenvalue weighted by molar-refractivity contribution is -0.161. The molecule has 3 heteroatoms. The van der Waals surface area contributed by atoms with E-state index in [1.165, 1.54) is 0 Å². The van der Waals surface area contributed by atoms with Crippen LogP contribution in [0, 0.1) is 16.2 Å². The number of Topliss-reactive ketones (excluding diaryl/α,β-unsaturated/α-hetero) is 1. The van der Waals surface area contributed by atoms with Crippen molar-refractivity contribution >= 4 is 11.8 Å². The molecule has 0 spiro atoms. The van der Waals surface area contributed by atoms with Crippen molar-refractivity contribution in [2.45, 2.75) is 61.8 Å². The van der Waals surface area contributed by atoms with Crippen molar-refractivity contribution in [1.82, 2.24) is 0 Å². The van der Waals surface area contributed by atoms with Crippen molar-refractivity contribution in [2.24, 2.45) is 16.2 Å². The molecule has 0 radical (unpaired) electrons. The predicted octanol–water partition coefficient (Wildman–Crippen LogP) is 3.61. The number of ketones is 1. The van der Waals surface area contributed by atoms with Gasteiger partial charge in [-0.2, -0.15) is 0 Å². The highest BCUT2D eigenvalue weighted by Crippen LogP contribution is 2.43. The van der Waals surface area contributed by atoms with Gasteiger partial charge in [0.05, 0.1) is 12.0 Å². The summed E-state index contributed by atoms with van der Waals surface area (Å²) in [6.07, 6.45) is 0.377. The quantitative estimate of drug-likeness (QED) is 0.706. The van der Waals surface area contributed by atoms with Gasteiger partial charge in [0.1, 0.15) is 5.78 Å². The van der Waals surface area contributed by atoms with E-state index in [9.17, 15) is 9.59 Å². The molecule has 0 unspecified atom stereocenters. The Morgan fingerprint density at radius 2 is 1.39 bits per heavy atom. The highest BCUT2D eigenvalue weighted by Gasteiger charge is 2.46. The Bertz CT molecular complexity index is 319. The van der Waals surface area contributed by atoms with Crippen molar-refractivity contribution in [3.63, 3.8) is 0 Å². The van der Waals surface area contributed by atoms with Gasteiger partial charge in [0.15, 0.2) is 0 Å². The zero-order chi connectivity index (χ0) is 14.8. The second-order valence-corrected chi connectivity index (χ2v) is 7.08. The van der Waals surface area contributed by atoms with Gasteiger partial charge in [0.2, 0.25) is 0 Å². The summed E-state index contributed by atoms with van der Waals surface area (Å²) in [5.41, 5.74) is -1.48. The second-order valence-electron chi connectivity index (χ2n) is 7.08. The second kappa shape index (κ2) is 5.41. The lowest BCUT2D eigenvalue weighted by atomic mass is 9.63. The lowest BCUT2D eigenvalue weighted by Crippen LogP contribution is -2.43. The third-order valence-corrected chi connectivity index (χ3v) is 3.92. The number of hydrogen-bond donors (Lipinski definition) is 0. The minimum atomic E-state index is -0.677. The van der Waals surface area contributed by atoms with E-state index in [4.69, 9.17) is 4.74 Å². The monoisotopic (exact) mass is 256 g/mol. The molecule has 0 aromatic rings.